The van der Waals surface area contributed by atoms with E-state index in [9.17, 15) is 0 Å². The summed E-state index contributed by atoms with van der Waals surface area (Å²) in [7, 11) is 0. The fourth-order valence-corrected chi connectivity index (χ4v) is 4.62. The van der Waals surface area contributed by atoms with Crippen molar-refractivity contribution in [2.24, 2.45) is 5.41 Å². The normalized spacial score (nSPS) is 17.8. The molecule has 0 nitrogen and oxygen atoms in total. The highest BCUT2D eigenvalue weighted by molar-refractivity contribution is 5.61. The molecule has 40 heavy (non-hydrogen) atoms. The number of hydrogen-bond acceptors (Lipinski definition) is 0. The predicted octanol–water partition coefficient (Wildman–Crippen LogP) is 11.9. The summed E-state index contributed by atoms with van der Waals surface area (Å²) in [5, 5.41) is 0. The number of benzene rings is 1. The lowest BCUT2D eigenvalue weighted by atomic mass is 9.75. The van der Waals surface area contributed by atoms with Crippen molar-refractivity contribution in [3.63, 3.8) is 0 Å². The average Bonchev–Trinajstić information content (AvgIpc) is 2.88. The molecule has 0 spiro atoms. The van der Waals surface area contributed by atoms with Gasteiger partial charge in [0.2, 0.25) is 0 Å². The molecule has 1 aromatic rings. The zero-order valence-corrected chi connectivity index (χ0v) is 26.6. The van der Waals surface area contributed by atoms with Gasteiger partial charge in [-0.2, -0.15) is 0 Å². The van der Waals surface area contributed by atoms with Crippen molar-refractivity contribution in [2.75, 3.05) is 0 Å². The first-order valence-corrected chi connectivity index (χ1v) is 14.4. The van der Waals surface area contributed by atoms with Gasteiger partial charge in [-0.15, -0.1) is 0 Å². The van der Waals surface area contributed by atoms with Crippen molar-refractivity contribution < 1.29 is 0 Å². The van der Waals surface area contributed by atoms with Crippen molar-refractivity contribution in [1.29, 1.82) is 0 Å². The summed E-state index contributed by atoms with van der Waals surface area (Å²) >= 11 is 0. The van der Waals surface area contributed by atoms with E-state index in [0.717, 1.165) is 6.42 Å². The quantitative estimate of drug-likeness (QED) is 0.264. The van der Waals surface area contributed by atoms with Gasteiger partial charge in [-0.25, -0.2) is 0 Å². The van der Waals surface area contributed by atoms with E-state index in [4.69, 9.17) is 0 Å². The van der Waals surface area contributed by atoms with Crippen LogP contribution in [0.4, 0.5) is 0 Å². The molecule has 0 saturated carbocycles. The minimum atomic E-state index is 0.201. The molecule has 1 aliphatic carbocycles. The predicted molar refractivity (Wildman–Crippen MR) is 182 cm³/mol. The molecule has 0 heteroatoms. The maximum Gasteiger partial charge on any atom is -0.00664 e. The van der Waals surface area contributed by atoms with Gasteiger partial charge in [0, 0.05) is 0 Å². The zero-order chi connectivity index (χ0) is 29.7. The lowest BCUT2D eigenvalue weighted by Crippen LogP contribution is -2.16. The van der Waals surface area contributed by atoms with E-state index in [0.29, 0.717) is 0 Å². The van der Waals surface area contributed by atoms with Crippen molar-refractivity contribution in [3.05, 3.63) is 159 Å². The van der Waals surface area contributed by atoms with Crippen LogP contribution in [-0.4, -0.2) is 0 Å². The Bertz CT molecular complexity index is 1380. The van der Waals surface area contributed by atoms with Crippen LogP contribution in [0, 0.1) is 26.2 Å². The molecule has 210 valence electrons. The van der Waals surface area contributed by atoms with Crippen molar-refractivity contribution in [1.82, 2.24) is 0 Å². The summed E-state index contributed by atoms with van der Waals surface area (Å²) in [6, 6.07) is 4.39. The Labute approximate surface area is 245 Å². The Morgan fingerprint density at radius 2 is 1.10 bits per heavy atom. The number of rotatable bonds is 10. The molecular weight excluding hydrogens is 480 g/mol. The highest BCUT2D eigenvalue weighted by Crippen LogP contribution is 2.37. The van der Waals surface area contributed by atoms with Gasteiger partial charge < -0.3 is 0 Å². The average molecular weight is 531 g/mol. The van der Waals surface area contributed by atoms with E-state index >= 15 is 0 Å². The van der Waals surface area contributed by atoms with Gasteiger partial charge in [0.1, 0.15) is 0 Å². The number of allylic oxidation sites excluding steroid dienone is 21. The Morgan fingerprint density at radius 1 is 0.625 bits per heavy atom. The Hall–Kier alpha value is -3.64. The van der Waals surface area contributed by atoms with E-state index in [2.05, 4.69) is 179 Å². The summed E-state index contributed by atoms with van der Waals surface area (Å²) in [5.41, 5.74) is 13.2. The molecule has 0 aromatic heterocycles. The summed E-state index contributed by atoms with van der Waals surface area (Å²) in [6.07, 6.45) is 35.9. The zero-order valence-electron chi connectivity index (χ0n) is 26.6. The maximum atomic E-state index is 2.32. The summed E-state index contributed by atoms with van der Waals surface area (Å²) in [4.78, 5) is 0. The summed E-state index contributed by atoms with van der Waals surface area (Å²) in [6.45, 7) is 21.9. The molecule has 0 fully saturated rings. The van der Waals surface area contributed by atoms with E-state index in [1.165, 1.54) is 55.7 Å². The highest BCUT2D eigenvalue weighted by atomic mass is 14.3. The van der Waals surface area contributed by atoms with Crippen LogP contribution in [0.1, 0.15) is 77.1 Å². The molecule has 1 aromatic carbocycles. The van der Waals surface area contributed by atoms with Crippen LogP contribution < -0.4 is 0 Å². The fourth-order valence-electron chi connectivity index (χ4n) is 4.62. The minimum Gasteiger partial charge on any atom is -0.0834 e. The van der Waals surface area contributed by atoms with Gasteiger partial charge >= 0.3 is 0 Å². The third-order valence-corrected chi connectivity index (χ3v) is 7.45. The lowest BCUT2D eigenvalue weighted by molar-refractivity contribution is 0.456. The van der Waals surface area contributed by atoms with Crippen LogP contribution in [0.2, 0.25) is 0 Å². The first-order chi connectivity index (χ1) is 18.9. The Morgan fingerprint density at radius 3 is 1.65 bits per heavy atom. The van der Waals surface area contributed by atoms with Crippen molar-refractivity contribution in [2.45, 2.75) is 75.7 Å². The SMILES string of the molecule is CC(C=CC=C(C)C=CC1=C(C)C=CCC1(C)C)=CC=CC=C(C)C=CC=C(C)C=Cc1c(C)ccc(C)c1C. The standard InChI is InChI=1S/C40H50/c1-30(18-13-20-32(3)23-27-38-35(6)26-25-34(5)37(38)8)16-11-12-17-31(2)19-14-21-33(4)24-28-39-36(7)22-15-29-40(39,9)10/h11-28H,29H2,1-10H3. The molecule has 1 aliphatic rings. The van der Waals surface area contributed by atoms with Crippen LogP contribution in [0.5, 0.6) is 0 Å². The Kier molecular flexibility index (Phi) is 12.9. The van der Waals surface area contributed by atoms with Crippen LogP contribution in [-0.2, 0) is 0 Å². The van der Waals surface area contributed by atoms with Crippen LogP contribution in [0.25, 0.3) is 6.08 Å². The first-order valence-electron chi connectivity index (χ1n) is 14.4. The highest BCUT2D eigenvalue weighted by Gasteiger charge is 2.23. The first kappa shape index (κ1) is 32.6. The van der Waals surface area contributed by atoms with Crippen LogP contribution >= 0.6 is 0 Å². The number of aryl methyl sites for hydroxylation is 2. The molecule has 0 aliphatic heterocycles. The second kappa shape index (κ2) is 15.8. The van der Waals surface area contributed by atoms with Gasteiger partial charge in [0.25, 0.3) is 0 Å². The molecule has 2 rings (SSSR count). The van der Waals surface area contributed by atoms with Gasteiger partial charge in [-0.1, -0.05) is 145 Å². The largest absolute Gasteiger partial charge is 0.0834 e. The van der Waals surface area contributed by atoms with Crippen LogP contribution in [0.3, 0.4) is 0 Å². The molecule has 0 bridgehead atoms. The topological polar surface area (TPSA) is 0 Å². The smallest absolute Gasteiger partial charge is 0.00664 e. The van der Waals surface area contributed by atoms with E-state index in [1.54, 1.807) is 0 Å². The van der Waals surface area contributed by atoms with Crippen molar-refractivity contribution >= 4 is 6.08 Å². The molecule has 0 atom stereocenters. The number of hydrogen-bond donors (Lipinski definition) is 0. The monoisotopic (exact) mass is 530 g/mol. The van der Waals surface area contributed by atoms with Gasteiger partial charge in [-0.05, 0) is 101 Å². The van der Waals surface area contributed by atoms with Crippen LogP contribution in [0.15, 0.2) is 137 Å². The summed E-state index contributed by atoms with van der Waals surface area (Å²) < 4.78 is 0. The lowest BCUT2D eigenvalue weighted by Gasteiger charge is -2.29. The van der Waals surface area contributed by atoms with Gasteiger partial charge in [-0.3, -0.25) is 0 Å². The van der Waals surface area contributed by atoms with Gasteiger partial charge in [0.15, 0.2) is 0 Å². The third kappa shape index (κ3) is 10.9. The van der Waals surface area contributed by atoms with E-state index < -0.39 is 0 Å². The third-order valence-electron chi connectivity index (χ3n) is 7.45. The minimum absolute atomic E-state index is 0.201. The van der Waals surface area contributed by atoms with E-state index in [1.807, 2.05) is 0 Å². The second-order valence-electron chi connectivity index (χ2n) is 11.7. The second-order valence-corrected chi connectivity index (χ2v) is 11.7. The molecule has 0 N–H and O–H groups in total. The summed E-state index contributed by atoms with van der Waals surface area (Å²) in [5.74, 6) is 0. The molecule has 0 radical (unpaired) electrons. The molecular formula is C40H50. The van der Waals surface area contributed by atoms with E-state index in [-0.39, 0.29) is 5.41 Å². The molecule has 0 amide bonds. The maximum absolute atomic E-state index is 2.32. The molecule has 0 unspecified atom stereocenters. The Balaban J connectivity index is 1.90. The fraction of sp³-hybridized carbons (Fsp3) is 0.300. The molecule has 0 heterocycles. The van der Waals surface area contributed by atoms with Crippen molar-refractivity contribution in [3.8, 4) is 0 Å². The molecule has 0 saturated heterocycles. The van der Waals surface area contributed by atoms with Gasteiger partial charge in [0.05, 0.1) is 0 Å².